The minimum absolute atomic E-state index is 0.109. The number of benzene rings is 2. The summed E-state index contributed by atoms with van der Waals surface area (Å²) in [6.07, 6.45) is 0.658. The van der Waals surface area contributed by atoms with Gasteiger partial charge in [0.15, 0.2) is 9.84 Å². The lowest BCUT2D eigenvalue weighted by atomic mass is 10.1. The zero-order chi connectivity index (χ0) is 18.7. The fourth-order valence-electron chi connectivity index (χ4n) is 2.94. The predicted octanol–water partition coefficient (Wildman–Crippen LogP) is 3.95. The molecule has 0 bridgehead atoms. The number of nitrogens with zero attached hydrogens (tertiary/aromatic N) is 1. The number of nitrogens with one attached hydrogen (secondary N) is 1. The van der Waals surface area contributed by atoms with E-state index in [0.717, 1.165) is 12.1 Å². The number of sulfone groups is 1. The second-order valence-electron chi connectivity index (χ2n) is 6.10. The molecule has 1 saturated heterocycles. The highest BCUT2D eigenvalue weighted by atomic mass is 35.5. The Bertz CT molecular complexity index is 895. The zero-order valence-corrected chi connectivity index (χ0v) is 15.4. The molecule has 0 unspecified atom stereocenters. The van der Waals surface area contributed by atoms with Crippen molar-refractivity contribution in [3.05, 3.63) is 59.4 Å². The van der Waals surface area contributed by atoms with Gasteiger partial charge < -0.3 is 10.2 Å². The molecule has 2 aromatic carbocycles. The number of carbonyl (C=O) groups is 1. The number of hydrogen-bond donors (Lipinski definition) is 1. The van der Waals surface area contributed by atoms with Gasteiger partial charge in [0.05, 0.1) is 20.9 Å². The highest BCUT2D eigenvalue weighted by Crippen LogP contribution is 2.26. The van der Waals surface area contributed by atoms with Crippen molar-refractivity contribution in [3.8, 4) is 0 Å². The smallest absolute Gasteiger partial charge is 0.321 e. The van der Waals surface area contributed by atoms with E-state index >= 15 is 0 Å². The fraction of sp³-hybridized carbons (Fsp3) is 0.278. The van der Waals surface area contributed by atoms with Crippen LogP contribution < -0.4 is 5.32 Å². The number of halogens is 2. The third kappa shape index (κ3) is 3.99. The van der Waals surface area contributed by atoms with Gasteiger partial charge in [0.2, 0.25) is 0 Å². The van der Waals surface area contributed by atoms with Crippen LogP contribution in [0.2, 0.25) is 5.02 Å². The van der Waals surface area contributed by atoms with Crippen molar-refractivity contribution >= 4 is 33.2 Å². The maximum atomic E-state index is 13.0. The van der Waals surface area contributed by atoms with Crippen LogP contribution in [0.4, 0.5) is 14.9 Å². The first-order valence-corrected chi connectivity index (χ1v) is 10.1. The zero-order valence-electron chi connectivity index (χ0n) is 13.9. The van der Waals surface area contributed by atoms with Gasteiger partial charge in [0.1, 0.15) is 5.82 Å². The van der Waals surface area contributed by atoms with Crippen molar-refractivity contribution in [1.29, 1.82) is 0 Å². The molecule has 0 saturated carbocycles. The summed E-state index contributed by atoms with van der Waals surface area (Å²) in [5.74, 6) is -0.477. The van der Waals surface area contributed by atoms with Crippen LogP contribution in [0.3, 0.4) is 0 Å². The van der Waals surface area contributed by atoms with Crippen molar-refractivity contribution in [3.63, 3.8) is 0 Å². The van der Waals surface area contributed by atoms with E-state index in [1.165, 1.54) is 12.1 Å². The van der Waals surface area contributed by atoms with Gasteiger partial charge in [-0.3, -0.25) is 0 Å². The van der Waals surface area contributed by atoms with Gasteiger partial charge in [0, 0.05) is 13.1 Å². The molecule has 2 aromatic rings. The molecule has 1 heterocycles. The van der Waals surface area contributed by atoms with E-state index in [0.29, 0.717) is 36.6 Å². The highest BCUT2D eigenvalue weighted by Gasteiger charge is 2.32. The summed E-state index contributed by atoms with van der Waals surface area (Å²) in [4.78, 5) is 14.0. The monoisotopic (exact) mass is 396 g/mol. The summed E-state index contributed by atoms with van der Waals surface area (Å²) < 4.78 is 38.3. The number of carbonyl (C=O) groups excluding carboxylic acids is 1. The van der Waals surface area contributed by atoms with Crippen LogP contribution in [-0.2, 0) is 9.84 Å². The number of hydrogen-bond acceptors (Lipinski definition) is 3. The Kier molecular flexibility index (Phi) is 5.48. The Labute approximate surface area is 156 Å². The molecule has 0 radical (unpaired) electrons. The fourth-order valence-corrected chi connectivity index (χ4v) is 4.86. The Balaban J connectivity index is 1.62. The normalized spacial score (nSPS) is 15.7. The second kappa shape index (κ2) is 7.63. The minimum Gasteiger partial charge on any atom is -0.324 e. The molecule has 3 rings (SSSR count). The Morgan fingerprint density at radius 1 is 1.08 bits per heavy atom. The summed E-state index contributed by atoms with van der Waals surface area (Å²) >= 11 is 6.03. The molecule has 0 aliphatic carbocycles. The summed E-state index contributed by atoms with van der Waals surface area (Å²) in [5.41, 5.74) is 0.514. The van der Waals surface area contributed by atoms with Crippen molar-refractivity contribution < 1.29 is 17.6 Å². The van der Waals surface area contributed by atoms with Crippen LogP contribution in [0.25, 0.3) is 0 Å². The van der Waals surface area contributed by atoms with E-state index < -0.39 is 20.9 Å². The molecule has 0 spiro atoms. The van der Waals surface area contributed by atoms with Crippen LogP contribution in [0, 0.1) is 5.82 Å². The maximum absolute atomic E-state index is 13.0. The van der Waals surface area contributed by atoms with E-state index in [1.807, 2.05) is 0 Å². The lowest BCUT2D eigenvalue weighted by Crippen LogP contribution is -2.44. The Morgan fingerprint density at radius 3 is 2.31 bits per heavy atom. The maximum Gasteiger partial charge on any atom is 0.321 e. The van der Waals surface area contributed by atoms with Gasteiger partial charge in [0.25, 0.3) is 0 Å². The van der Waals surface area contributed by atoms with Gasteiger partial charge >= 0.3 is 6.03 Å². The molecule has 2 amide bonds. The average molecular weight is 397 g/mol. The molecule has 1 N–H and O–H groups in total. The van der Waals surface area contributed by atoms with E-state index in [4.69, 9.17) is 11.6 Å². The molecule has 0 atom stereocenters. The number of para-hydroxylation sites is 1. The predicted molar refractivity (Wildman–Crippen MR) is 98.7 cm³/mol. The highest BCUT2D eigenvalue weighted by molar-refractivity contribution is 7.92. The van der Waals surface area contributed by atoms with Gasteiger partial charge in [-0.05, 0) is 49.2 Å². The van der Waals surface area contributed by atoms with Gasteiger partial charge in [-0.25, -0.2) is 17.6 Å². The number of likely N-dealkylation sites (tertiary alicyclic amines) is 1. The van der Waals surface area contributed by atoms with Gasteiger partial charge in [-0.1, -0.05) is 23.7 Å². The molecule has 8 heteroatoms. The average Bonchev–Trinajstić information content (AvgIpc) is 2.64. The van der Waals surface area contributed by atoms with E-state index in [2.05, 4.69) is 5.32 Å². The standard InChI is InChI=1S/C18H18ClFN2O3S/c19-16-3-1-2-4-17(16)21-18(23)22-11-9-15(10-12-22)26(24,25)14-7-5-13(20)6-8-14/h1-8,15H,9-12H2,(H,21,23). The van der Waals surface area contributed by atoms with Crippen molar-refractivity contribution in [2.75, 3.05) is 18.4 Å². The topological polar surface area (TPSA) is 66.5 Å². The molecule has 26 heavy (non-hydrogen) atoms. The summed E-state index contributed by atoms with van der Waals surface area (Å²) in [7, 11) is -3.54. The lowest BCUT2D eigenvalue weighted by Gasteiger charge is -2.31. The van der Waals surface area contributed by atoms with Gasteiger partial charge in [-0.2, -0.15) is 0 Å². The molecule has 0 aromatic heterocycles. The Morgan fingerprint density at radius 2 is 1.69 bits per heavy atom. The van der Waals surface area contributed by atoms with E-state index in [-0.39, 0.29) is 10.9 Å². The third-order valence-corrected chi connectivity index (χ3v) is 7.03. The number of piperidine rings is 1. The number of rotatable bonds is 3. The van der Waals surface area contributed by atoms with Crippen molar-refractivity contribution in [2.24, 2.45) is 0 Å². The van der Waals surface area contributed by atoms with Crippen LogP contribution in [-0.4, -0.2) is 37.7 Å². The largest absolute Gasteiger partial charge is 0.324 e. The number of urea groups is 1. The first-order valence-electron chi connectivity index (χ1n) is 8.18. The van der Waals surface area contributed by atoms with Crippen LogP contribution in [0.5, 0.6) is 0 Å². The molecule has 138 valence electrons. The van der Waals surface area contributed by atoms with Crippen LogP contribution in [0.15, 0.2) is 53.4 Å². The van der Waals surface area contributed by atoms with E-state index in [1.54, 1.807) is 29.2 Å². The Hall–Kier alpha value is -2.12. The molecule has 1 fully saturated rings. The first kappa shape index (κ1) is 18.7. The van der Waals surface area contributed by atoms with Crippen molar-refractivity contribution in [2.45, 2.75) is 23.0 Å². The quantitative estimate of drug-likeness (QED) is 0.799. The van der Waals surface area contributed by atoms with Crippen LogP contribution >= 0.6 is 11.6 Å². The molecular formula is C18H18ClFN2O3S. The minimum atomic E-state index is -3.54. The number of amides is 2. The van der Waals surface area contributed by atoms with Crippen LogP contribution in [0.1, 0.15) is 12.8 Å². The summed E-state index contributed by atoms with van der Waals surface area (Å²) in [6.45, 7) is 0.642. The molecule has 5 nitrogen and oxygen atoms in total. The summed E-state index contributed by atoms with van der Waals surface area (Å²) in [6, 6.07) is 11.4. The van der Waals surface area contributed by atoms with E-state index in [9.17, 15) is 17.6 Å². The third-order valence-electron chi connectivity index (χ3n) is 4.43. The van der Waals surface area contributed by atoms with Gasteiger partial charge in [-0.15, -0.1) is 0 Å². The lowest BCUT2D eigenvalue weighted by molar-refractivity contribution is 0.200. The number of anilines is 1. The molecular weight excluding hydrogens is 379 g/mol. The van der Waals surface area contributed by atoms with Crippen molar-refractivity contribution in [1.82, 2.24) is 4.90 Å². The molecule has 1 aliphatic rings. The first-order chi connectivity index (χ1) is 12.4. The second-order valence-corrected chi connectivity index (χ2v) is 8.73. The SMILES string of the molecule is O=C(Nc1ccccc1Cl)N1CCC(S(=O)(=O)c2ccc(F)cc2)CC1. The summed E-state index contributed by atoms with van der Waals surface area (Å²) in [5, 5.41) is 2.59. The molecule has 1 aliphatic heterocycles.